The molecule has 2 N–H and O–H groups in total. The molecule has 2 aromatic heterocycles. The Labute approximate surface area is 87.5 Å². The first kappa shape index (κ1) is 9.34. The normalized spacial score (nSPS) is 11.0. The molecule has 0 aliphatic rings. The number of anilines is 1. The van der Waals surface area contributed by atoms with Crippen LogP contribution in [-0.2, 0) is 6.42 Å². The lowest BCUT2D eigenvalue weighted by Gasteiger charge is -1.99. The van der Waals surface area contributed by atoms with Crippen molar-refractivity contribution >= 4 is 22.8 Å². The Bertz CT molecular complexity index is 462. The highest BCUT2D eigenvalue weighted by Crippen LogP contribution is 2.20. The molecule has 3 nitrogen and oxygen atoms in total. The molecule has 0 radical (unpaired) electrons. The molecule has 0 aromatic carbocycles. The molecule has 0 aliphatic carbocycles. The average molecular weight is 210 g/mol. The zero-order valence-electron chi connectivity index (χ0n) is 8.00. The number of aryl methyl sites for hydroxylation is 1. The molecule has 0 unspecified atom stereocenters. The summed E-state index contributed by atoms with van der Waals surface area (Å²) < 4.78 is 1.99. The third-order valence-electron chi connectivity index (χ3n) is 2.17. The van der Waals surface area contributed by atoms with Crippen LogP contribution in [-0.4, -0.2) is 9.38 Å². The van der Waals surface area contributed by atoms with Gasteiger partial charge in [-0.25, -0.2) is 4.98 Å². The quantitative estimate of drug-likeness (QED) is 0.826. The highest BCUT2D eigenvalue weighted by molar-refractivity contribution is 6.32. The summed E-state index contributed by atoms with van der Waals surface area (Å²) in [5.41, 5.74) is 7.27. The van der Waals surface area contributed by atoms with Gasteiger partial charge in [0.15, 0.2) is 5.15 Å². The highest BCUT2D eigenvalue weighted by Gasteiger charge is 2.07. The van der Waals surface area contributed by atoms with Gasteiger partial charge in [-0.2, -0.15) is 0 Å². The van der Waals surface area contributed by atoms with Gasteiger partial charge in [-0.05, 0) is 18.6 Å². The molecule has 0 atom stereocenters. The number of imidazole rings is 1. The number of pyridine rings is 1. The van der Waals surface area contributed by atoms with Crippen molar-refractivity contribution in [1.82, 2.24) is 9.38 Å². The Morgan fingerprint density at radius 3 is 3.07 bits per heavy atom. The Morgan fingerprint density at radius 1 is 1.57 bits per heavy atom. The highest BCUT2D eigenvalue weighted by atomic mass is 35.5. The fraction of sp³-hybridized carbons (Fsp3) is 0.300. The van der Waals surface area contributed by atoms with Gasteiger partial charge in [0.05, 0.1) is 5.52 Å². The molecular formula is C10H12ClN3. The van der Waals surface area contributed by atoms with E-state index in [1.807, 2.05) is 22.7 Å². The van der Waals surface area contributed by atoms with E-state index < -0.39 is 0 Å². The third-order valence-corrected chi connectivity index (χ3v) is 2.45. The van der Waals surface area contributed by atoms with Crippen molar-refractivity contribution in [3.8, 4) is 0 Å². The summed E-state index contributed by atoms with van der Waals surface area (Å²) in [5.74, 6) is 0.993. The number of halogens is 1. The summed E-state index contributed by atoms with van der Waals surface area (Å²) in [7, 11) is 0. The first-order valence-electron chi connectivity index (χ1n) is 4.64. The van der Waals surface area contributed by atoms with Crippen LogP contribution >= 0.6 is 11.6 Å². The van der Waals surface area contributed by atoms with Crippen molar-refractivity contribution in [2.45, 2.75) is 19.8 Å². The molecule has 0 aliphatic heterocycles. The van der Waals surface area contributed by atoms with Gasteiger partial charge in [-0.15, -0.1) is 0 Å². The Hall–Kier alpha value is -1.22. The van der Waals surface area contributed by atoms with Crippen molar-refractivity contribution in [3.05, 3.63) is 29.3 Å². The molecule has 0 fully saturated rings. The van der Waals surface area contributed by atoms with E-state index >= 15 is 0 Å². The van der Waals surface area contributed by atoms with Crippen LogP contribution in [0.3, 0.4) is 0 Å². The smallest absolute Gasteiger partial charge is 0.155 e. The molecule has 0 amide bonds. The van der Waals surface area contributed by atoms with Crippen molar-refractivity contribution in [2.75, 3.05) is 5.73 Å². The lowest BCUT2D eigenvalue weighted by molar-refractivity contribution is 0.831. The molecule has 0 saturated carbocycles. The van der Waals surface area contributed by atoms with Crippen LogP contribution in [0.1, 0.15) is 19.2 Å². The van der Waals surface area contributed by atoms with E-state index in [-0.39, 0.29) is 0 Å². The van der Waals surface area contributed by atoms with Gasteiger partial charge in [-0.3, -0.25) is 0 Å². The number of hydrogen-bond donors (Lipinski definition) is 1. The first-order chi connectivity index (χ1) is 6.72. The Balaban J connectivity index is 2.65. The van der Waals surface area contributed by atoms with E-state index in [9.17, 15) is 0 Å². The number of nitrogens with two attached hydrogens (primary N) is 1. The second-order valence-electron chi connectivity index (χ2n) is 3.28. The zero-order valence-corrected chi connectivity index (χ0v) is 8.75. The molecule has 4 heteroatoms. The van der Waals surface area contributed by atoms with Crippen LogP contribution in [0, 0.1) is 0 Å². The van der Waals surface area contributed by atoms with Crippen molar-refractivity contribution in [2.24, 2.45) is 0 Å². The molecule has 0 bridgehead atoms. The van der Waals surface area contributed by atoms with E-state index in [0.29, 0.717) is 10.8 Å². The van der Waals surface area contributed by atoms with E-state index in [1.165, 1.54) is 0 Å². The molecule has 0 saturated heterocycles. The second-order valence-corrected chi connectivity index (χ2v) is 3.64. The second kappa shape index (κ2) is 3.50. The molecule has 2 rings (SSSR count). The zero-order chi connectivity index (χ0) is 10.1. The molecule has 14 heavy (non-hydrogen) atoms. The number of aromatic nitrogens is 2. The predicted molar refractivity (Wildman–Crippen MR) is 58.6 cm³/mol. The minimum atomic E-state index is 0.528. The van der Waals surface area contributed by atoms with Gasteiger partial charge in [0.25, 0.3) is 0 Å². The van der Waals surface area contributed by atoms with Crippen molar-refractivity contribution in [1.29, 1.82) is 0 Å². The predicted octanol–water partition coefficient (Wildman–Crippen LogP) is 2.52. The molecule has 2 heterocycles. The maximum atomic E-state index is 6.00. The third kappa shape index (κ3) is 1.44. The molecule has 0 spiro atoms. The lowest BCUT2D eigenvalue weighted by atomic mass is 10.3. The fourth-order valence-corrected chi connectivity index (χ4v) is 1.77. The largest absolute Gasteiger partial charge is 0.399 e. The monoisotopic (exact) mass is 209 g/mol. The topological polar surface area (TPSA) is 43.3 Å². The van der Waals surface area contributed by atoms with E-state index in [1.54, 1.807) is 0 Å². The van der Waals surface area contributed by atoms with E-state index in [4.69, 9.17) is 17.3 Å². The lowest BCUT2D eigenvalue weighted by Crippen LogP contribution is -1.94. The van der Waals surface area contributed by atoms with Crippen LogP contribution in [0.25, 0.3) is 5.52 Å². The number of rotatable bonds is 2. The van der Waals surface area contributed by atoms with Gasteiger partial charge in [0.2, 0.25) is 0 Å². The summed E-state index contributed by atoms with van der Waals surface area (Å²) in [6.07, 6.45) is 3.90. The standard InChI is InChI=1S/C10H12ClN3/c1-2-3-9-13-10(11)8-6-7(12)4-5-14(8)9/h4-6H,2-3,12H2,1H3. The fourth-order valence-electron chi connectivity index (χ4n) is 1.52. The van der Waals surface area contributed by atoms with Gasteiger partial charge in [-0.1, -0.05) is 18.5 Å². The minimum absolute atomic E-state index is 0.528. The van der Waals surface area contributed by atoms with E-state index in [2.05, 4.69) is 11.9 Å². The van der Waals surface area contributed by atoms with Crippen LogP contribution in [0.2, 0.25) is 5.15 Å². The minimum Gasteiger partial charge on any atom is -0.399 e. The van der Waals surface area contributed by atoms with E-state index in [0.717, 1.165) is 24.2 Å². The number of nitrogens with zero attached hydrogens (tertiary/aromatic N) is 2. The van der Waals surface area contributed by atoms with Gasteiger partial charge in [0.1, 0.15) is 5.82 Å². The van der Waals surface area contributed by atoms with Gasteiger partial charge < -0.3 is 10.1 Å². The Kier molecular flexibility index (Phi) is 2.33. The summed E-state index contributed by atoms with van der Waals surface area (Å²) >= 11 is 6.00. The molecular weight excluding hydrogens is 198 g/mol. The van der Waals surface area contributed by atoms with Crippen LogP contribution < -0.4 is 5.73 Å². The van der Waals surface area contributed by atoms with Crippen LogP contribution in [0.4, 0.5) is 5.69 Å². The number of hydrogen-bond acceptors (Lipinski definition) is 2. The maximum absolute atomic E-state index is 6.00. The molecule has 74 valence electrons. The molecule has 2 aromatic rings. The van der Waals surface area contributed by atoms with Crippen LogP contribution in [0.5, 0.6) is 0 Å². The van der Waals surface area contributed by atoms with Gasteiger partial charge in [0, 0.05) is 18.3 Å². The van der Waals surface area contributed by atoms with Gasteiger partial charge >= 0.3 is 0 Å². The van der Waals surface area contributed by atoms with Crippen LogP contribution in [0.15, 0.2) is 18.3 Å². The number of nitrogen functional groups attached to an aromatic ring is 1. The first-order valence-corrected chi connectivity index (χ1v) is 5.02. The van der Waals surface area contributed by atoms with Crippen molar-refractivity contribution in [3.63, 3.8) is 0 Å². The summed E-state index contributed by atoms with van der Waals surface area (Å²) in [6, 6.07) is 3.69. The summed E-state index contributed by atoms with van der Waals surface area (Å²) in [6.45, 7) is 2.12. The Morgan fingerprint density at radius 2 is 2.36 bits per heavy atom. The average Bonchev–Trinajstić information content (AvgIpc) is 2.44. The maximum Gasteiger partial charge on any atom is 0.155 e. The SMILES string of the molecule is CCCc1nc(Cl)c2cc(N)ccn12. The summed E-state index contributed by atoms with van der Waals surface area (Å²) in [4.78, 5) is 4.29. The number of fused-ring (bicyclic) bond motifs is 1. The summed E-state index contributed by atoms with van der Waals surface area (Å²) in [5, 5.41) is 0.528. The van der Waals surface area contributed by atoms with Crippen molar-refractivity contribution < 1.29 is 0 Å².